The van der Waals surface area contributed by atoms with Crippen molar-refractivity contribution in [2.24, 2.45) is 0 Å². The molecule has 4 heterocycles. The highest BCUT2D eigenvalue weighted by atomic mass is 19.1. The van der Waals surface area contributed by atoms with Crippen LogP contribution in [0.2, 0.25) is 0 Å². The molecule has 0 bridgehead atoms. The van der Waals surface area contributed by atoms with Crippen molar-refractivity contribution in [2.45, 2.75) is 33.7 Å². The van der Waals surface area contributed by atoms with Crippen molar-refractivity contribution in [1.29, 1.82) is 0 Å². The minimum absolute atomic E-state index is 0.168. The summed E-state index contributed by atoms with van der Waals surface area (Å²) in [6, 6.07) is 9.44. The number of hydrogen-bond donors (Lipinski definition) is 1. The largest absolute Gasteiger partial charge is 0.368 e. The Morgan fingerprint density at radius 3 is 2.49 bits per heavy atom. The number of fused-ring (bicyclic) bond motifs is 1. The molecule has 0 amide bonds. The van der Waals surface area contributed by atoms with E-state index < -0.39 is 0 Å². The second-order valence-electron chi connectivity index (χ2n) is 9.19. The predicted octanol–water partition coefficient (Wildman–Crippen LogP) is 4.80. The molecule has 0 spiro atoms. The molecular formula is C26H31FN8. The minimum atomic E-state index is -0.356. The van der Waals surface area contributed by atoms with E-state index in [4.69, 9.17) is 0 Å². The molecule has 35 heavy (non-hydrogen) atoms. The van der Waals surface area contributed by atoms with Gasteiger partial charge >= 0.3 is 0 Å². The molecule has 8 nitrogen and oxygen atoms in total. The van der Waals surface area contributed by atoms with E-state index in [1.807, 2.05) is 35.9 Å². The zero-order valence-electron chi connectivity index (χ0n) is 20.7. The van der Waals surface area contributed by atoms with Gasteiger partial charge in [-0.05, 0) is 51.6 Å². The number of piperazine rings is 1. The van der Waals surface area contributed by atoms with Gasteiger partial charge in [-0.3, -0.25) is 0 Å². The van der Waals surface area contributed by atoms with Gasteiger partial charge in [0.05, 0.1) is 23.1 Å². The van der Waals surface area contributed by atoms with Gasteiger partial charge in [-0.25, -0.2) is 24.3 Å². The van der Waals surface area contributed by atoms with Gasteiger partial charge < -0.3 is 19.7 Å². The predicted molar refractivity (Wildman–Crippen MR) is 138 cm³/mol. The van der Waals surface area contributed by atoms with Crippen LogP contribution in [0, 0.1) is 12.7 Å². The van der Waals surface area contributed by atoms with E-state index in [-0.39, 0.29) is 11.9 Å². The molecule has 1 aromatic carbocycles. The average molecular weight is 475 g/mol. The van der Waals surface area contributed by atoms with Gasteiger partial charge in [0, 0.05) is 43.9 Å². The second kappa shape index (κ2) is 9.58. The molecule has 0 aliphatic carbocycles. The fourth-order valence-corrected chi connectivity index (χ4v) is 4.75. The monoisotopic (exact) mass is 474 g/mol. The Hall–Kier alpha value is -3.59. The van der Waals surface area contributed by atoms with Gasteiger partial charge in [-0.1, -0.05) is 6.92 Å². The number of nitrogens with zero attached hydrogens (tertiary/aromatic N) is 7. The molecule has 0 atom stereocenters. The van der Waals surface area contributed by atoms with Crippen LogP contribution in [0.4, 0.5) is 21.7 Å². The van der Waals surface area contributed by atoms with Crippen molar-refractivity contribution in [3.05, 3.63) is 54.5 Å². The number of halogens is 1. The van der Waals surface area contributed by atoms with E-state index in [0.29, 0.717) is 28.4 Å². The lowest BCUT2D eigenvalue weighted by Crippen LogP contribution is -2.46. The van der Waals surface area contributed by atoms with Crippen LogP contribution in [0.5, 0.6) is 0 Å². The number of imidazole rings is 1. The van der Waals surface area contributed by atoms with E-state index in [1.54, 1.807) is 0 Å². The summed E-state index contributed by atoms with van der Waals surface area (Å²) in [5.74, 6) is 1.73. The molecule has 182 valence electrons. The highest BCUT2D eigenvalue weighted by molar-refractivity contribution is 5.83. The zero-order valence-corrected chi connectivity index (χ0v) is 20.7. The molecule has 1 saturated heterocycles. The van der Waals surface area contributed by atoms with E-state index in [0.717, 1.165) is 49.8 Å². The lowest BCUT2D eigenvalue weighted by molar-refractivity contribution is 0.271. The van der Waals surface area contributed by atoms with Gasteiger partial charge in [-0.15, -0.1) is 0 Å². The number of pyridine rings is 1. The van der Waals surface area contributed by atoms with Crippen LogP contribution >= 0.6 is 0 Å². The first kappa shape index (κ1) is 23.2. The summed E-state index contributed by atoms with van der Waals surface area (Å²) in [5, 5.41) is 3.25. The number of nitrogens with one attached hydrogen (secondary N) is 1. The fraction of sp³-hybridized carbons (Fsp3) is 0.385. The number of aryl methyl sites for hydroxylation is 1. The fourth-order valence-electron chi connectivity index (χ4n) is 4.75. The molecular weight excluding hydrogens is 443 g/mol. The maximum Gasteiger partial charge on any atom is 0.151 e. The molecule has 0 saturated carbocycles. The standard InChI is InChI=1S/C26H31FN8/c1-5-33-8-10-34(11-9-33)20-6-7-24(28-15-20)32-25-14-22(29-16-30-25)19-12-21(27)26-23(13-19)35(17(2)3)18(4)31-26/h6-7,12-17H,5,8-11H2,1-4H3,(H,28,29,30,32). The van der Waals surface area contributed by atoms with Crippen molar-refractivity contribution >= 4 is 28.4 Å². The topological polar surface area (TPSA) is 75.0 Å². The Morgan fingerprint density at radius 1 is 1.00 bits per heavy atom. The molecule has 1 aliphatic rings. The van der Waals surface area contributed by atoms with Crippen LogP contribution in [0.1, 0.15) is 32.6 Å². The Balaban J connectivity index is 1.36. The number of likely N-dealkylation sites (N-methyl/N-ethyl adjacent to an activating group) is 1. The minimum Gasteiger partial charge on any atom is -0.368 e. The summed E-state index contributed by atoms with van der Waals surface area (Å²) in [7, 11) is 0. The number of rotatable bonds is 6. The van der Waals surface area contributed by atoms with Crippen molar-refractivity contribution in [3.8, 4) is 11.3 Å². The zero-order chi connectivity index (χ0) is 24.5. The molecule has 1 N–H and O–H groups in total. The third-order valence-electron chi connectivity index (χ3n) is 6.59. The van der Waals surface area contributed by atoms with Crippen LogP contribution < -0.4 is 10.2 Å². The summed E-state index contributed by atoms with van der Waals surface area (Å²) >= 11 is 0. The van der Waals surface area contributed by atoms with Crippen molar-refractivity contribution < 1.29 is 4.39 Å². The highest BCUT2D eigenvalue weighted by Crippen LogP contribution is 2.29. The molecule has 1 aliphatic heterocycles. The summed E-state index contributed by atoms with van der Waals surface area (Å²) in [4.78, 5) is 22.5. The van der Waals surface area contributed by atoms with Crippen LogP contribution in [-0.2, 0) is 0 Å². The SMILES string of the molecule is CCN1CCN(c2ccc(Nc3cc(-c4cc(F)c5nc(C)n(C(C)C)c5c4)ncn3)nc2)CC1. The molecule has 0 unspecified atom stereocenters. The van der Waals surface area contributed by atoms with Crippen LogP contribution in [0.3, 0.4) is 0 Å². The number of benzene rings is 1. The quantitative estimate of drug-likeness (QED) is 0.430. The van der Waals surface area contributed by atoms with Gasteiger partial charge in [0.25, 0.3) is 0 Å². The number of aromatic nitrogens is 5. The van der Waals surface area contributed by atoms with E-state index >= 15 is 0 Å². The van der Waals surface area contributed by atoms with Crippen LogP contribution in [0.15, 0.2) is 42.9 Å². The third kappa shape index (κ3) is 4.68. The first-order valence-electron chi connectivity index (χ1n) is 12.1. The first-order chi connectivity index (χ1) is 16.9. The Kier molecular flexibility index (Phi) is 6.34. The summed E-state index contributed by atoms with van der Waals surface area (Å²) < 4.78 is 17.0. The lowest BCUT2D eigenvalue weighted by atomic mass is 10.1. The van der Waals surface area contributed by atoms with E-state index in [2.05, 4.69) is 61.9 Å². The molecule has 0 radical (unpaired) electrons. The van der Waals surface area contributed by atoms with Crippen molar-refractivity contribution in [2.75, 3.05) is 42.9 Å². The molecule has 5 rings (SSSR count). The van der Waals surface area contributed by atoms with E-state index in [9.17, 15) is 4.39 Å². The summed E-state index contributed by atoms with van der Waals surface area (Å²) in [6.45, 7) is 13.5. The lowest BCUT2D eigenvalue weighted by Gasteiger charge is -2.35. The molecule has 4 aromatic rings. The molecule has 9 heteroatoms. The second-order valence-corrected chi connectivity index (χ2v) is 9.19. The number of anilines is 3. The molecule has 1 fully saturated rings. The van der Waals surface area contributed by atoms with Crippen LogP contribution in [0.25, 0.3) is 22.3 Å². The average Bonchev–Trinajstić information content (AvgIpc) is 3.21. The van der Waals surface area contributed by atoms with Crippen LogP contribution in [-0.4, -0.2) is 62.1 Å². The Bertz CT molecular complexity index is 1320. The maximum atomic E-state index is 14.9. The summed E-state index contributed by atoms with van der Waals surface area (Å²) in [5.41, 5.74) is 3.57. The smallest absolute Gasteiger partial charge is 0.151 e. The van der Waals surface area contributed by atoms with Gasteiger partial charge in [-0.2, -0.15) is 0 Å². The summed E-state index contributed by atoms with van der Waals surface area (Å²) in [6.07, 6.45) is 3.37. The van der Waals surface area contributed by atoms with Gasteiger partial charge in [0.2, 0.25) is 0 Å². The third-order valence-corrected chi connectivity index (χ3v) is 6.59. The van der Waals surface area contributed by atoms with Crippen molar-refractivity contribution in [1.82, 2.24) is 29.4 Å². The first-order valence-corrected chi connectivity index (χ1v) is 12.1. The maximum absolute atomic E-state index is 14.9. The van der Waals surface area contributed by atoms with Gasteiger partial charge in [0.15, 0.2) is 5.82 Å². The Labute approximate surface area is 204 Å². The highest BCUT2D eigenvalue weighted by Gasteiger charge is 2.17. The Morgan fingerprint density at radius 2 is 1.80 bits per heavy atom. The van der Waals surface area contributed by atoms with E-state index in [1.165, 1.54) is 12.4 Å². The van der Waals surface area contributed by atoms with Gasteiger partial charge in [0.1, 0.15) is 29.3 Å². The normalized spacial score (nSPS) is 14.7. The van der Waals surface area contributed by atoms with Crippen molar-refractivity contribution in [3.63, 3.8) is 0 Å². The number of hydrogen-bond acceptors (Lipinski definition) is 7. The molecule has 3 aromatic heterocycles.